The zero-order chi connectivity index (χ0) is 21.2. The van der Waals surface area contributed by atoms with E-state index in [-0.39, 0.29) is 35.9 Å². The van der Waals surface area contributed by atoms with E-state index in [2.05, 4.69) is 33.8 Å². The number of amides is 1. The maximum atomic E-state index is 11.9. The lowest BCUT2D eigenvalue weighted by Gasteiger charge is -2.33. The van der Waals surface area contributed by atoms with E-state index in [0.717, 1.165) is 43.5 Å². The minimum Gasteiger partial charge on any atom is -0.468 e. The first-order chi connectivity index (χ1) is 14.7. The van der Waals surface area contributed by atoms with E-state index in [1.54, 1.807) is 13.3 Å². The quantitative estimate of drug-likeness (QED) is 0.272. The van der Waals surface area contributed by atoms with Crippen molar-refractivity contribution in [3.05, 3.63) is 59.5 Å². The van der Waals surface area contributed by atoms with Crippen molar-refractivity contribution in [3.63, 3.8) is 0 Å². The standard InChI is InChI=1S/C23H33N5O2.HI/c1-3-25-23(26-16-18-9-7-10-19(15-18)22(29)24-2)27-17-20(21-11-8-14-30-21)28-12-5-4-6-13-28;/h7-11,14-15,20H,3-6,12-13,16-17H2,1-2H3,(H,24,29)(H2,25,26,27);1H. The number of furan rings is 1. The molecule has 0 spiro atoms. The van der Waals surface area contributed by atoms with Crippen LogP contribution in [0.3, 0.4) is 0 Å². The highest BCUT2D eigenvalue weighted by Crippen LogP contribution is 2.24. The lowest BCUT2D eigenvalue weighted by atomic mass is 10.1. The van der Waals surface area contributed by atoms with Crippen molar-refractivity contribution in [2.24, 2.45) is 4.99 Å². The molecule has 1 aliphatic heterocycles. The van der Waals surface area contributed by atoms with Gasteiger partial charge in [-0.05, 0) is 62.7 Å². The third kappa shape index (κ3) is 7.53. The minimum absolute atomic E-state index is 0. The highest BCUT2D eigenvalue weighted by atomic mass is 127. The summed E-state index contributed by atoms with van der Waals surface area (Å²) >= 11 is 0. The molecular formula is C23H34IN5O2. The molecule has 1 aromatic heterocycles. The Morgan fingerprint density at radius 3 is 2.65 bits per heavy atom. The van der Waals surface area contributed by atoms with Crippen LogP contribution >= 0.6 is 24.0 Å². The molecule has 1 aliphatic rings. The molecular weight excluding hydrogens is 505 g/mol. The number of nitrogens with zero attached hydrogens (tertiary/aromatic N) is 2. The monoisotopic (exact) mass is 539 g/mol. The topological polar surface area (TPSA) is 81.9 Å². The molecule has 0 radical (unpaired) electrons. The zero-order valence-corrected chi connectivity index (χ0v) is 20.7. The Morgan fingerprint density at radius 1 is 1.16 bits per heavy atom. The Balaban J connectivity index is 0.00000341. The fourth-order valence-corrected chi connectivity index (χ4v) is 3.78. The summed E-state index contributed by atoms with van der Waals surface area (Å²) in [5.41, 5.74) is 1.64. The summed E-state index contributed by atoms with van der Waals surface area (Å²) in [6.07, 6.45) is 5.50. The molecule has 1 amide bonds. The van der Waals surface area contributed by atoms with Gasteiger partial charge >= 0.3 is 0 Å². The molecule has 31 heavy (non-hydrogen) atoms. The van der Waals surface area contributed by atoms with Gasteiger partial charge in [-0.3, -0.25) is 9.69 Å². The second-order valence-electron chi connectivity index (χ2n) is 7.48. The van der Waals surface area contributed by atoms with Crippen LogP contribution in [0.1, 0.15) is 53.9 Å². The average Bonchev–Trinajstić information content (AvgIpc) is 3.32. The predicted octanol–water partition coefficient (Wildman–Crippen LogP) is 3.54. The molecule has 0 saturated carbocycles. The third-order valence-electron chi connectivity index (χ3n) is 5.35. The van der Waals surface area contributed by atoms with Crippen LogP contribution in [0.15, 0.2) is 52.1 Å². The van der Waals surface area contributed by atoms with Crippen molar-refractivity contribution in [1.82, 2.24) is 20.9 Å². The van der Waals surface area contributed by atoms with Crippen LogP contribution in [0.25, 0.3) is 0 Å². The van der Waals surface area contributed by atoms with Gasteiger partial charge in [0.25, 0.3) is 5.91 Å². The van der Waals surface area contributed by atoms with E-state index in [1.807, 2.05) is 30.3 Å². The van der Waals surface area contributed by atoms with E-state index in [1.165, 1.54) is 19.3 Å². The maximum Gasteiger partial charge on any atom is 0.251 e. The van der Waals surface area contributed by atoms with Gasteiger partial charge in [-0.1, -0.05) is 18.6 Å². The van der Waals surface area contributed by atoms with Crippen LogP contribution in [0.4, 0.5) is 0 Å². The molecule has 1 saturated heterocycles. The summed E-state index contributed by atoms with van der Waals surface area (Å²) in [5, 5.41) is 9.46. The average molecular weight is 539 g/mol. The van der Waals surface area contributed by atoms with Gasteiger partial charge in [0.2, 0.25) is 0 Å². The predicted molar refractivity (Wildman–Crippen MR) is 135 cm³/mol. The number of carbonyl (C=O) groups excluding carboxylic acids is 1. The highest BCUT2D eigenvalue weighted by Gasteiger charge is 2.24. The number of hydrogen-bond acceptors (Lipinski definition) is 4. The van der Waals surface area contributed by atoms with Crippen LogP contribution in [0.5, 0.6) is 0 Å². The molecule has 1 aromatic carbocycles. The van der Waals surface area contributed by atoms with Gasteiger partial charge in [-0.25, -0.2) is 4.99 Å². The fourth-order valence-electron chi connectivity index (χ4n) is 3.78. The summed E-state index contributed by atoms with van der Waals surface area (Å²) in [6.45, 7) is 6.23. The first-order valence-corrected chi connectivity index (χ1v) is 10.8. The second kappa shape index (κ2) is 13.4. The lowest BCUT2D eigenvalue weighted by Crippen LogP contribution is -2.44. The maximum absolute atomic E-state index is 11.9. The number of piperidine rings is 1. The molecule has 8 heteroatoms. The largest absolute Gasteiger partial charge is 0.468 e. The van der Waals surface area contributed by atoms with Gasteiger partial charge < -0.3 is 20.4 Å². The van der Waals surface area contributed by atoms with E-state index in [9.17, 15) is 4.79 Å². The number of halogens is 1. The molecule has 2 heterocycles. The normalized spacial score (nSPS) is 15.6. The number of rotatable bonds is 8. The van der Waals surface area contributed by atoms with Crippen molar-refractivity contribution in [3.8, 4) is 0 Å². The summed E-state index contributed by atoms with van der Waals surface area (Å²) in [7, 11) is 1.64. The molecule has 1 fully saturated rings. The van der Waals surface area contributed by atoms with E-state index >= 15 is 0 Å². The summed E-state index contributed by atoms with van der Waals surface area (Å²) in [4.78, 5) is 19.1. The molecule has 0 bridgehead atoms. The van der Waals surface area contributed by atoms with Crippen molar-refractivity contribution in [2.45, 2.75) is 38.8 Å². The number of aliphatic imine (C=N–C) groups is 1. The number of hydrogen-bond donors (Lipinski definition) is 3. The van der Waals surface area contributed by atoms with Crippen molar-refractivity contribution < 1.29 is 9.21 Å². The Labute approximate surface area is 202 Å². The highest BCUT2D eigenvalue weighted by molar-refractivity contribution is 14.0. The number of guanidine groups is 1. The van der Waals surface area contributed by atoms with Gasteiger partial charge in [0.15, 0.2) is 5.96 Å². The zero-order valence-electron chi connectivity index (χ0n) is 18.4. The van der Waals surface area contributed by atoms with E-state index < -0.39 is 0 Å². The number of carbonyl (C=O) groups is 1. The van der Waals surface area contributed by atoms with E-state index in [4.69, 9.17) is 9.41 Å². The van der Waals surface area contributed by atoms with Gasteiger partial charge in [0.05, 0.1) is 18.8 Å². The minimum atomic E-state index is -0.0892. The Hall–Kier alpha value is -2.07. The molecule has 1 unspecified atom stereocenters. The van der Waals surface area contributed by atoms with Crippen molar-refractivity contribution >= 4 is 35.8 Å². The molecule has 3 N–H and O–H groups in total. The van der Waals surface area contributed by atoms with Crippen LogP contribution < -0.4 is 16.0 Å². The Bertz CT molecular complexity index is 819. The SMILES string of the molecule is CCNC(=NCc1cccc(C(=O)NC)c1)NCC(c1ccco1)N1CCCCC1.I. The fraction of sp³-hybridized carbons (Fsp3) is 0.478. The molecule has 1 atom stereocenters. The van der Waals surface area contributed by atoms with Crippen molar-refractivity contribution in [1.29, 1.82) is 0 Å². The Kier molecular flexibility index (Phi) is 10.9. The number of nitrogens with one attached hydrogen (secondary N) is 3. The smallest absolute Gasteiger partial charge is 0.251 e. The van der Waals surface area contributed by atoms with Crippen LogP contribution in [0, 0.1) is 0 Å². The van der Waals surface area contributed by atoms with Gasteiger partial charge in [-0.15, -0.1) is 24.0 Å². The van der Waals surface area contributed by atoms with Gasteiger partial charge in [0, 0.05) is 25.7 Å². The van der Waals surface area contributed by atoms with Crippen molar-refractivity contribution in [2.75, 3.05) is 33.2 Å². The first kappa shape index (κ1) is 25.2. The number of likely N-dealkylation sites (tertiary alicyclic amines) is 1. The number of benzene rings is 1. The van der Waals surface area contributed by atoms with Gasteiger partial charge in [-0.2, -0.15) is 0 Å². The molecule has 170 valence electrons. The van der Waals surface area contributed by atoms with Crippen LogP contribution in [-0.2, 0) is 6.54 Å². The molecule has 0 aliphatic carbocycles. The molecule has 3 rings (SSSR count). The van der Waals surface area contributed by atoms with Crippen LogP contribution in [-0.4, -0.2) is 50.0 Å². The lowest BCUT2D eigenvalue weighted by molar-refractivity contribution is 0.0963. The van der Waals surface area contributed by atoms with E-state index in [0.29, 0.717) is 12.1 Å². The molecule has 7 nitrogen and oxygen atoms in total. The van der Waals surface area contributed by atoms with Crippen LogP contribution in [0.2, 0.25) is 0 Å². The first-order valence-electron chi connectivity index (χ1n) is 10.8. The summed E-state index contributed by atoms with van der Waals surface area (Å²) in [5.74, 6) is 1.66. The molecule has 2 aromatic rings. The summed E-state index contributed by atoms with van der Waals surface area (Å²) in [6, 6.07) is 11.7. The second-order valence-corrected chi connectivity index (χ2v) is 7.48. The third-order valence-corrected chi connectivity index (χ3v) is 5.35. The Morgan fingerprint density at radius 2 is 1.97 bits per heavy atom. The van der Waals surface area contributed by atoms with Gasteiger partial charge in [0.1, 0.15) is 5.76 Å². The summed E-state index contributed by atoms with van der Waals surface area (Å²) < 4.78 is 5.74.